The summed E-state index contributed by atoms with van der Waals surface area (Å²) in [4.78, 5) is 24.8. The minimum absolute atomic E-state index is 0.0634. The van der Waals surface area contributed by atoms with Gasteiger partial charge in [-0.2, -0.15) is 0 Å². The Kier molecular flexibility index (Phi) is 4.13. The second-order valence-electron chi connectivity index (χ2n) is 7.89. The summed E-state index contributed by atoms with van der Waals surface area (Å²) in [7, 11) is 6.27. The lowest BCUT2D eigenvalue weighted by molar-refractivity contribution is -0.143. The Hall–Kier alpha value is -2.56. The highest BCUT2D eigenvalue weighted by Crippen LogP contribution is 2.83. The number of esters is 2. The molecule has 4 rings (SSSR count). The molecule has 136 valence electrons. The quantitative estimate of drug-likeness (QED) is 0.603. The summed E-state index contributed by atoms with van der Waals surface area (Å²) in [5.74, 6) is -0.717. The van der Waals surface area contributed by atoms with Gasteiger partial charge < -0.3 is 9.47 Å². The third kappa shape index (κ3) is 2.60. The number of benzene rings is 2. The van der Waals surface area contributed by atoms with Crippen LogP contribution < -0.4 is 0 Å². The van der Waals surface area contributed by atoms with Crippen molar-refractivity contribution in [3.63, 3.8) is 0 Å². The summed E-state index contributed by atoms with van der Waals surface area (Å²) in [5, 5.41) is 0. The van der Waals surface area contributed by atoms with Gasteiger partial charge >= 0.3 is 11.9 Å². The van der Waals surface area contributed by atoms with Crippen LogP contribution >= 0.6 is 0 Å². The SMILES string of the molecule is [B]C1C2C(OC(=O)c3ccccc3)C(C)(COC(=O)c3ccccc3)C12C. The second-order valence-corrected chi connectivity index (χ2v) is 7.89. The van der Waals surface area contributed by atoms with E-state index in [2.05, 4.69) is 6.92 Å². The molecule has 27 heavy (non-hydrogen) atoms. The number of carbonyl (C=O) groups excluding carboxylic acids is 2. The molecule has 5 unspecified atom stereocenters. The number of rotatable bonds is 5. The monoisotopic (exact) mass is 360 g/mol. The number of hydrogen-bond acceptors (Lipinski definition) is 4. The molecular weight excluding hydrogens is 339 g/mol. The van der Waals surface area contributed by atoms with Crippen molar-refractivity contribution in [3.8, 4) is 0 Å². The molecule has 2 fully saturated rings. The largest absolute Gasteiger partial charge is 0.461 e. The lowest BCUT2D eigenvalue weighted by Crippen LogP contribution is -2.56. The highest BCUT2D eigenvalue weighted by Gasteiger charge is 2.83. The lowest BCUT2D eigenvalue weighted by Gasteiger charge is -2.51. The zero-order chi connectivity index (χ0) is 19.2. The van der Waals surface area contributed by atoms with Crippen molar-refractivity contribution in [2.24, 2.45) is 16.7 Å². The van der Waals surface area contributed by atoms with Crippen LogP contribution in [0.15, 0.2) is 60.7 Å². The average molecular weight is 360 g/mol. The van der Waals surface area contributed by atoms with Gasteiger partial charge in [0.1, 0.15) is 12.7 Å². The van der Waals surface area contributed by atoms with E-state index >= 15 is 0 Å². The van der Waals surface area contributed by atoms with Gasteiger partial charge in [0.25, 0.3) is 0 Å². The number of carbonyl (C=O) groups is 2. The first kappa shape index (κ1) is 17.8. The molecule has 2 aliphatic carbocycles. The first-order valence-corrected chi connectivity index (χ1v) is 9.13. The Bertz CT molecular complexity index is 868. The molecule has 5 heteroatoms. The van der Waals surface area contributed by atoms with E-state index < -0.39 is 5.41 Å². The lowest BCUT2D eigenvalue weighted by atomic mass is 9.59. The molecular formula is C22H21BO4. The van der Waals surface area contributed by atoms with E-state index in [0.29, 0.717) is 11.1 Å². The molecule has 0 aromatic heterocycles. The number of hydrogen-bond donors (Lipinski definition) is 0. The Morgan fingerprint density at radius 3 is 2.00 bits per heavy atom. The zero-order valence-corrected chi connectivity index (χ0v) is 15.4. The topological polar surface area (TPSA) is 52.6 Å². The van der Waals surface area contributed by atoms with Crippen molar-refractivity contribution in [1.82, 2.24) is 0 Å². The predicted octanol–water partition coefficient (Wildman–Crippen LogP) is 3.68. The van der Waals surface area contributed by atoms with Crippen LogP contribution in [0.1, 0.15) is 34.6 Å². The number of ether oxygens (including phenoxy) is 2. The maximum absolute atomic E-state index is 12.5. The predicted molar refractivity (Wildman–Crippen MR) is 102 cm³/mol. The minimum atomic E-state index is -0.508. The highest BCUT2D eigenvalue weighted by molar-refractivity contribution is 6.15. The van der Waals surface area contributed by atoms with Crippen molar-refractivity contribution in [3.05, 3.63) is 71.8 Å². The molecule has 2 aliphatic rings. The normalized spacial score (nSPS) is 33.3. The molecule has 4 nitrogen and oxygen atoms in total. The Morgan fingerprint density at radius 1 is 0.926 bits per heavy atom. The molecule has 2 aromatic rings. The van der Waals surface area contributed by atoms with E-state index in [1.54, 1.807) is 48.5 Å². The molecule has 0 amide bonds. The van der Waals surface area contributed by atoms with Gasteiger partial charge in [0.2, 0.25) is 0 Å². The maximum Gasteiger partial charge on any atom is 0.338 e. The van der Waals surface area contributed by atoms with E-state index in [1.165, 1.54) is 0 Å². The summed E-state index contributed by atoms with van der Waals surface area (Å²) >= 11 is 0. The van der Waals surface area contributed by atoms with Crippen molar-refractivity contribution >= 4 is 19.8 Å². The summed E-state index contributed by atoms with van der Waals surface area (Å²) in [5.41, 5.74) is 0.307. The molecule has 2 radical (unpaired) electrons. The second kappa shape index (κ2) is 6.26. The van der Waals surface area contributed by atoms with E-state index in [-0.39, 0.29) is 41.8 Å². The van der Waals surface area contributed by atoms with Gasteiger partial charge in [0.05, 0.1) is 19.0 Å². The molecule has 0 saturated heterocycles. The minimum Gasteiger partial charge on any atom is -0.461 e. The van der Waals surface area contributed by atoms with Crippen LogP contribution in [0.2, 0.25) is 5.82 Å². The van der Waals surface area contributed by atoms with E-state index in [9.17, 15) is 9.59 Å². The van der Waals surface area contributed by atoms with Crippen LogP contribution in [-0.2, 0) is 9.47 Å². The number of fused-ring (bicyclic) bond motifs is 1. The molecule has 0 aliphatic heterocycles. The van der Waals surface area contributed by atoms with Crippen molar-refractivity contribution in [2.45, 2.75) is 25.8 Å². The van der Waals surface area contributed by atoms with Crippen LogP contribution in [0.25, 0.3) is 0 Å². The van der Waals surface area contributed by atoms with Gasteiger partial charge in [-0.15, -0.1) is 0 Å². The Morgan fingerprint density at radius 2 is 1.44 bits per heavy atom. The summed E-state index contributed by atoms with van der Waals surface area (Å²) in [6.45, 7) is 4.22. The molecule has 5 atom stereocenters. The van der Waals surface area contributed by atoms with Gasteiger partial charge in [0.15, 0.2) is 0 Å². The molecule has 0 bridgehead atoms. The standard InChI is InChI=1S/C22H21BO4/c1-21(13-26-19(24)14-9-5-3-6-10-14)18(16-17(23)22(16,21)2)27-20(25)15-11-7-4-8-12-15/h3-12,16-18H,13H2,1-2H3. The average Bonchev–Trinajstić information content (AvgIpc) is 3.23. The molecule has 2 aromatic carbocycles. The molecule has 0 spiro atoms. The van der Waals surface area contributed by atoms with Gasteiger partial charge in [-0.05, 0) is 35.6 Å². The van der Waals surface area contributed by atoms with E-state index in [1.807, 2.05) is 19.1 Å². The van der Waals surface area contributed by atoms with Crippen molar-refractivity contribution in [1.29, 1.82) is 0 Å². The first-order valence-electron chi connectivity index (χ1n) is 9.13. The van der Waals surface area contributed by atoms with E-state index in [0.717, 1.165) is 0 Å². The van der Waals surface area contributed by atoms with Crippen LogP contribution in [0.4, 0.5) is 0 Å². The van der Waals surface area contributed by atoms with Crippen molar-refractivity contribution in [2.75, 3.05) is 6.61 Å². The maximum atomic E-state index is 12.5. The molecule has 0 N–H and O–H groups in total. The van der Waals surface area contributed by atoms with Crippen LogP contribution in [0, 0.1) is 16.7 Å². The van der Waals surface area contributed by atoms with Gasteiger partial charge in [-0.25, -0.2) is 9.59 Å². The van der Waals surface area contributed by atoms with Crippen molar-refractivity contribution < 1.29 is 19.1 Å². The summed E-state index contributed by atoms with van der Waals surface area (Å²) in [6.07, 6.45) is -0.367. The summed E-state index contributed by atoms with van der Waals surface area (Å²) < 4.78 is 11.4. The Balaban J connectivity index is 1.47. The van der Waals surface area contributed by atoms with Crippen LogP contribution in [0.3, 0.4) is 0 Å². The van der Waals surface area contributed by atoms with Gasteiger partial charge in [0, 0.05) is 5.41 Å². The molecule has 0 heterocycles. The fourth-order valence-electron chi connectivity index (χ4n) is 4.52. The van der Waals surface area contributed by atoms with Gasteiger partial charge in [-0.3, -0.25) is 0 Å². The smallest absolute Gasteiger partial charge is 0.338 e. The Labute approximate surface area is 160 Å². The highest BCUT2D eigenvalue weighted by atomic mass is 16.6. The van der Waals surface area contributed by atoms with Crippen LogP contribution in [0.5, 0.6) is 0 Å². The third-order valence-corrected chi connectivity index (χ3v) is 6.60. The van der Waals surface area contributed by atoms with Gasteiger partial charge in [-0.1, -0.05) is 56.1 Å². The fraction of sp³-hybridized carbons (Fsp3) is 0.364. The van der Waals surface area contributed by atoms with Crippen LogP contribution in [-0.4, -0.2) is 32.5 Å². The van der Waals surface area contributed by atoms with E-state index in [4.69, 9.17) is 17.3 Å². The zero-order valence-electron chi connectivity index (χ0n) is 15.4. The fourth-order valence-corrected chi connectivity index (χ4v) is 4.52. The first-order chi connectivity index (χ1) is 12.9. The summed E-state index contributed by atoms with van der Waals surface area (Å²) in [6, 6.07) is 17.7. The third-order valence-electron chi connectivity index (χ3n) is 6.60. The molecule has 2 saturated carbocycles.